The number of amides is 1. The van der Waals surface area contributed by atoms with Crippen LogP contribution in [0.1, 0.15) is 20.2 Å². The van der Waals surface area contributed by atoms with Gasteiger partial charge in [-0.3, -0.25) is 15.5 Å². The molecule has 0 spiro atoms. The molecule has 0 saturated heterocycles. The molecule has 1 unspecified atom stereocenters. The Balaban J connectivity index is 1.98. The van der Waals surface area contributed by atoms with Crippen molar-refractivity contribution >= 4 is 23.0 Å². The highest BCUT2D eigenvalue weighted by atomic mass is 16.2. The second-order valence-corrected chi connectivity index (χ2v) is 5.24. The first kappa shape index (κ1) is 11.8. The van der Waals surface area contributed by atoms with Crippen molar-refractivity contribution in [3.8, 4) is 0 Å². The number of rotatable bonds is 2. The van der Waals surface area contributed by atoms with Gasteiger partial charge in [0.2, 0.25) is 5.79 Å². The second-order valence-electron chi connectivity index (χ2n) is 5.24. The van der Waals surface area contributed by atoms with Crippen molar-refractivity contribution in [1.82, 2.24) is 14.9 Å². The van der Waals surface area contributed by atoms with Crippen LogP contribution in [0.4, 0.5) is 0 Å². The molecule has 1 amide bonds. The van der Waals surface area contributed by atoms with Crippen molar-refractivity contribution in [3.63, 3.8) is 0 Å². The molecule has 4 N–H and O–H groups in total. The molecule has 0 fully saturated rings. The van der Waals surface area contributed by atoms with Crippen molar-refractivity contribution in [2.24, 2.45) is 16.6 Å². The van der Waals surface area contributed by atoms with Gasteiger partial charge in [-0.15, -0.1) is 0 Å². The molecule has 118 valence electrons. The lowest BCUT2D eigenvalue weighted by Gasteiger charge is -2.35. The molecule has 0 radical (unpaired) electrons. The molecule has 7 nitrogen and oxygen atoms in total. The molecule has 2 heterocycles. The van der Waals surface area contributed by atoms with Crippen LogP contribution in [0.15, 0.2) is 47.6 Å². The second kappa shape index (κ2) is 5.45. The zero-order valence-corrected chi connectivity index (χ0v) is 12.5. The maximum atomic E-state index is 12.2. The van der Waals surface area contributed by atoms with Crippen LogP contribution >= 0.6 is 0 Å². The van der Waals surface area contributed by atoms with Crippen LogP contribution in [0.25, 0.3) is 10.9 Å². The summed E-state index contributed by atoms with van der Waals surface area (Å²) in [6.45, 7) is -2.71. The highest BCUT2D eigenvalue weighted by Gasteiger charge is 2.32. The fourth-order valence-electron chi connectivity index (χ4n) is 2.38. The fraction of sp³-hybridized carbons (Fsp3) is 0.188. The lowest BCUT2D eigenvalue weighted by atomic mass is 10.1. The number of hydrazine groups is 1. The maximum Gasteiger partial charge on any atom is 0.267 e. The van der Waals surface area contributed by atoms with E-state index in [2.05, 4.69) is 9.98 Å². The number of hydrogen-bond acceptors (Lipinski definition) is 6. The Morgan fingerprint density at radius 1 is 1.39 bits per heavy atom. The molecule has 3 rings (SSSR count). The van der Waals surface area contributed by atoms with Crippen molar-refractivity contribution in [1.29, 1.82) is 0 Å². The normalized spacial score (nSPS) is 22.6. The largest absolute Gasteiger partial charge is 0.340 e. The van der Waals surface area contributed by atoms with Gasteiger partial charge in [-0.25, -0.2) is 15.8 Å². The predicted molar refractivity (Wildman–Crippen MR) is 89.3 cm³/mol. The summed E-state index contributed by atoms with van der Waals surface area (Å²) in [7, 11) is 1.80. The molecule has 0 aliphatic carbocycles. The molecule has 0 bridgehead atoms. The number of carbonyl (C=O) groups excluding carboxylic acids is 1. The zero-order valence-electron chi connectivity index (χ0n) is 15.5. The smallest absolute Gasteiger partial charge is 0.267 e. The van der Waals surface area contributed by atoms with Gasteiger partial charge in [-0.05, 0) is 30.3 Å². The Labute approximate surface area is 138 Å². The van der Waals surface area contributed by atoms with E-state index < -0.39 is 18.7 Å². The SMILES string of the molecule is [2H]C([2H])([2H])N(N)C(=O)c1ccc2nc(C3(N)N=CC=CN3C)ccc2c1. The highest BCUT2D eigenvalue weighted by molar-refractivity contribution is 5.97. The Hall–Kier alpha value is -2.77. The molecule has 1 aliphatic heterocycles. The molecule has 0 saturated carbocycles. The lowest BCUT2D eigenvalue weighted by Crippen LogP contribution is -2.49. The number of hydrogen-bond donors (Lipinski definition) is 2. The molecule has 23 heavy (non-hydrogen) atoms. The molecular formula is C16H18N6O. The van der Waals surface area contributed by atoms with Crippen LogP contribution in [0, 0.1) is 0 Å². The third kappa shape index (κ3) is 2.56. The summed E-state index contributed by atoms with van der Waals surface area (Å²) in [4.78, 5) is 22.8. The van der Waals surface area contributed by atoms with E-state index in [0.29, 0.717) is 16.6 Å². The lowest BCUT2D eigenvalue weighted by molar-refractivity contribution is 0.0795. The number of carbonyl (C=O) groups is 1. The number of nitrogens with two attached hydrogens (primary N) is 2. The van der Waals surface area contributed by atoms with Crippen molar-refractivity contribution < 1.29 is 8.91 Å². The summed E-state index contributed by atoms with van der Waals surface area (Å²) in [6, 6.07) is 8.10. The van der Waals surface area contributed by atoms with Gasteiger partial charge in [-0.1, -0.05) is 6.07 Å². The number of aromatic nitrogens is 1. The van der Waals surface area contributed by atoms with Crippen LogP contribution in [0.3, 0.4) is 0 Å². The van der Waals surface area contributed by atoms with E-state index in [0.717, 1.165) is 0 Å². The van der Waals surface area contributed by atoms with Crippen LogP contribution in [-0.4, -0.2) is 41.0 Å². The molecule has 2 aromatic rings. The van der Waals surface area contributed by atoms with Crippen LogP contribution in [0.2, 0.25) is 0 Å². The summed E-state index contributed by atoms with van der Waals surface area (Å²) in [5, 5.41) is 0.892. The Bertz CT molecular complexity index is 926. The monoisotopic (exact) mass is 313 g/mol. The standard InChI is InChI=1S/C16H18N6O/c1-21-9-3-8-19-16(21,17)14-7-5-11-10-12(15(23)22(2)18)4-6-13(11)20-14/h3-10H,17-18H2,1-2H3/i2D3. The number of nitrogens with zero attached hydrogens (tertiary/aromatic N) is 4. The Morgan fingerprint density at radius 2 is 2.22 bits per heavy atom. The first-order chi connectivity index (χ1) is 12.1. The summed E-state index contributed by atoms with van der Waals surface area (Å²) < 4.78 is 21.7. The quantitative estimate of drug-likeness (QED) is 0.485. The van der Waals surface area contributed by atoms with Crippen molar-refractivity contribution in [2.45, 2.75) is 5.79 Å². The summed E-state index contributed by atoms with van der Waals surface area (Å²) in [6.07, 6.45) is 5.18. The van der Waals surface area contributed by atoms with Gasteiger partial charge < -0.3 is 4.90 Å². The van der Waals surface area contributed by atoms with Crippen molar-refractivity contribution in [2.75, 3.05) is 14.0 Å². The van der Waals surface area contributed by atoms with E-state index >= 15 is 0 Å². The highest BCUT2D eigenvalue weighted by Crippen LogP contribution is 2.26. The number of fused-ring (bicyclic) bond motifs is 1. The molecule has 1 aromatic carbocycles. The molecule has 1 atom stereocenters. The van der Waals surface area contributed by atoms with E-state index in [-0.39, 0.29) is 10.6 Å². The minimum atomic E-state index is -2.71. The first-order valence-corrected chi connectivity index (χ1v) is 6.87. The van der Waals surface area contributed by atoms with Gasteiger partial charge in [0, 0.05) is 41.5 Å². The number of allylic oxidation sites excluding steroid dienone is 1. The van der Waals surface area contributed by atoms with Crippen LogP contribution in [0.5, 0.6) is 0 Å². The zero-order chi connectivity index (χ0) is 19.1. The van der Waals surface area contributed by atoms with Gasteiger partial charge in [0.25, 0.3) is 5.91 Å². The minimum Gasteiger partial charge on any atom is -0.340 e. The first-order valence-electron chi connectivity index (χ1n) is 8.37. The Kier molecular flexibility index (Phi) is 2.79. The third-order valence-corrected chi connectivity index (χ3v) is 3.74. The Morgan fingerprint density at radius 3 is 2.96 bits per heavy atom. The van der Waals surface area contributed by atoms with E-state index in [1.54, 1.807) is 48.6 Å². The molecule has 1 aliphatic rings. The summed E-state index contributed by atoms with van der Waals surface area (Å²) >= 11 is 0. The average Bonchev–Trinajstić information content (AvgIpc) is 2.61. The maximum absolute atomic E-state index is 12.2. The van der Waals surface area contributed by atoms with Gasteiger partial charge in [0.05, 0.1) is 5.52 Å². The van der Waals surface area contributed by atoms with Crippen LogP contribution < -0.4 is 11.6 Å². The minimum absolute atomic E-state index is 0.156. The van der Waals surface area contributed by atoms with Gasteiger partial charge >= 0.3 is 0 Å². The topological polar surface area (TPSA) is 101 Å². The molecular weight excluding hydrogens is 292 g/mol. The molecule has 7 heteroatoms. The van der Waals surface area contributed by atoms with E-state index in [9.17, 15) is 4.79 Å². The number of pyridine rings is 1. The molecule has 1 aromatic heterocycles. The fourth-order valence-corrected chi connectivity index (χ4v) is 2.38. The van der Waals surface area contributed by atoms with E-state index in [4.69, 9.17) is 15.7 Å². The number of benzene rings is 1. The number of aliphatic imine (C=N–C) groups is 1. The van der Waals surface area contributed by atoms with E-state index in [1.165, 1.54) is 12.1 Å². The van der Waals surface area contributed by atoms with Crippen LogP contribution in [-0.2, 0) is 5.79 Å². The van der Waals surface area contributed by atoms with Gasteiger partial charge in [0.15, 0.2) is 0 Å². The van der Waals surface area contributed by atoms with Crippen molar-refractivity contribution in [3.05, 3.63) is 53.9 Å². The average molecular weight is 313 g/mol. The van der Waals surface area contributed by atoms with Gasteiger partial charge in [0.1, 0.15) is 5.69 Å². The van der Waals surface area contributed by atoms with Gasteiger partial charge in [-0.2, -0.15) is 0 Å². The summed E-state index contributed by atoms with van der Waals surface area (Å²) in [5.74, 6) is 3.47. The predicted octanol–water partition coefficient (Wildman–Crippen LogP) is 0.779. The third-order valence-electron chi connectivity index (χ3n) is 3.74. The summed E-state index contributed by atoms with van der Waals surface area (Å²) in [5.41, 5.74) is 7.65. The van der Waals surface area contributed by atoms with E-state index in [1.807, 2.05) is 0 Å².